The van der Waals surface area contributed by atoms with Crippen molar-refractivity contribution in [2.45, 2.75) is 19.4 Å². The lowest BCUT2D eigenvalue weighted by molar-refractivity contribution is -0.136. The van der Waals surface area contributed by atoms with Crippen molar-refractivity contribution in [2.24, 2.45) is 5.10 Å². The molecule has 0 spiro atoms. The zero-order valence-electron chi connectivity index (χ0n) is 15.8. The first-order valence-corrected chi connectivity index (χ1v) is 8.90. The first kappa shape index (κ1) is 19.3. The van der Waals surface area contributed by atoms with Crippen molar-refractivity contribution >= 4 is 12.1 Å². The second-order valence-electron chi connectivity index (χ2n) is 6.64. The highest BCUT2D eigenvalue weighted by Gasteiger charge is 2.39. The van der Waals surface area contributed by atoms with Crippen LogP contribution in [0.3, 0.4) is 0 Å². The Morgan fingerprint density at radius 1 is 0.929 bits per heavy atom. The van der Waals surface area contributed by atoms with Crippen LogP contribution in [0.25, 0.3) is 0 Å². The number of aryl methyl sites for hydroxylation is 2. The van der Waals surface area contributed by atoms with Gasteiger partial charge in [-0.2, -0.15) is 5.10 Å². The number of phenolic OH excluding ortho intramolecular Hbond substituents is 1. The molecule has 3 N–H and O–H groups in total. The van der Waals surface area contributed by atoms with Crippen molar-refractivity contribution in [3.8, 4) is 5.75 Å². The highest BCUT2D eigenvalue weighted by Crippen LogP contribution is 2.29. The van der Waals surface area contributed by atoms with Gasteiger partial charge in [-0.1, -0.05) is 60.7 Å². The quantitative estimate of drug-likeness (QED) is 0.473. The number of nitrogens with one attached hydrogen (secondary N) is 1. The second-order valence-corrected chi connectivity index (χ2v) is 6.64. The molecule has 1 amide bonds. The molecular weight excluding hydrogens is 352 g/mol. The van der Waals surface area contributed by atoms with E-state index < -0.39 is 11.5 Å². The van der Waals surface area contributed by atoms with E-state index in [0.717, 1.165) is 16.7 Å². The lowest BCUT2D eigenvalue weighted by atomic mass is 9.85. The topological polar surface area (TPSA) is 81.9 Å². The van der Waals surface area contributed by atoms with Crippen molar-refractivity contribution in [1.29, 1.82) is 0 Å². The number of aliphatic hydroxyl groups is 1. The third-order valence-corrected chi connectivity index (χ3v) is 4.60. The van der Waals surface area contributed by atoms with Gasteiger partial charge in [-0.3, -0.25) is 4.79 Å². The standard InChI is InChI=1S/C23H22N2O3/c1-16-13-18(14-17(2)21(16)26)15-24-25-22(27)23(28,19-9-5-3-6-10-19)20-11-7-4-8-12-20/h3-15,26,28H,1-2H3,(H,25,27)/b24-15+. The molecule has 5 nitrogen and oxygen atoms in total. The summed E-state index contributed by atoms with van der Waals surface area (Å²) in [4.78, 5) is 12.9. The molecule has 0 aliphatic carbocycles. The van der Waals surface area contributed by atoms with Crippen LogP contribution in [0.15, 0.2) is 77.9 Å². The van der Waals surface area contributed by atoms with Crippen molar-refractivity contribution < 1.29 is 15.0 Å². The number of phenols is 1. The minimum absolute atomic E-state index is 0.240. The van der Waals surface area contributed by atoms with E-state index >= 15 is 0 Å². The minimum atomic E-state index is -1.87. The zero-order chi connectivity index (χ0) is 20.1. The van der Waals surface area contributed by atoms with Crippen molar-refractivity contribution in [3.63, 3.8) is 0 Å². The molecule has 0 heterocycles. The summed E-state index contributed by atoms with van der Waals surface area (Å²) >= 11 is 0. The summed E-state index contributed by atoms with van der Waals surface area (Å²) in [6.45, 7) is 3.59. The van der Waals surface area contributed by atoms with E-state index in [1.165, 1.54) is 6.21 Å². The average molecular weight is 374 g/mol. The first-order chi connectivity index (χ1) is 13.4. The third kappa shape index (κ3) is 3.80. The van der Waals surface area contributed by atoms with Gasteiger partial charge in [0.2, 0.25) is 0 Å². The Labute approximate surface area is 164 Å². The van der Waals surface area contributed by atoms with Gasteiger partial charge in [0, 0.05) is 0 Å². The number of carbonyl (C=O) groups excluding carboxylic acids is 1. The van der Waals surface area contributed by atoms with Crippen LogP contribution in [0.4, 0.5) is 0 Å². The second kappa shape index (κ2) is 8.06. The molecule has 0 saturated heterocycles. The Bertz CT molecular complexity index is 936. The monoisotopic (exact) mass is 374 g/mol. The fourth-order valence-electron chi connectivity index (χ4n) is 3.10. The smallest absolute Gasteiger partial charge is 0.281 e. The van der Waals surface area contributed by atoms with Crippen LogP contribution >= 0.6 is 0 Å². The van der Waals surface area contributed by atoms with Gasteiger partial charge in [0.15, 0.2) is 5.60 Å². The van der Waals surface area contributed by atoms with E-state index in [1.54, 1.807) is 74.5 Å². The molecular formula is C23H22N2O3. The Morgan fingerprint density at radius 3 is 1.86 bits per heavy atom. The predicted molar refractivity (Wildman–Crippen MR) is 109 cm³/mol. The Balaban J connectivity index is 1.89. The molecule has 0 atom stereocenters. The van der Waals surface area contributed by atoms with E-state index in [2.05, 4.69) is 10.5 Å². The van der Waals surface area contributed by atoms with E-state index in [1.807, 2.05) is 12.1 Å². The average Bonchev–Trinajstić information content (AvgIpc) is 2.72. The molecule has 0 aliphatic heterocycles. The highest BCUT2D eigenvalue weighted by atomic mass is 16.3. The summed E-state index contributed by atoms with van der Waals surface area (Å²) in [5.41, 5.74) is 3.64. The number of carbonyl (C=O) groups is 1. The summed E-state index contributed by atoms with van der Waals surface area (Å²) in [5.74, 6) is -0.419. The number of hydrogen-bond acceptors (Lipinski definition) is 4. The van der Waals surface area contributed by atoms with Gasteiger partial charge in [-0.15, -0.1) is 0 Å². The molecule has 28 heavy (non-hydrogen) atoms. The van der Waals surface area contributed by atoms with Gasteiger partial charge in [-0.05, 0) is 53.8 Å². The number of amides is 1. The molecule has 5 heteroatoms. The lowest BCUT2D eigenvalue weighted by Crippen LogP contribution is -2.43. The molecule has 0 unspecified atom stereocenters. The van der Waals surface area contributed by atoms with Crippen LogP contribution < -0.4 is 5.43 Å². The molecule has 3 aromatic rings. The van der Waals surface area contributed by atoms with Crippen LogP contribution in [-0.4, -0.2) is 22.3 Å². The van der Waals surface area contributed by atoms with E-state index in [-0.39, 0.29) is 5.75 Å². The number of aromatic hydroxyl groups is 1. The fourth-order valence-corrected chi connectivity index (χ4v) is 3.10. The summed E-state index contributed by atoms with van der Waals surface area (Å²) in [5, 5.41) is 25.2. The zero-order valence-corrected chi connectivity index (χ0v) is 15.8. The minimum Gasteiger partial charge on any atom is -0.507 e. The van der Waals surface area contributed by atoms with Gasteiger partial charge < -0.3 is 10.2 Å². The highest BCUT2D eigenvalue weighted by molar-refractivity contribution is 5.91. The van der Waals surface area contributed by atoms with Gasteiger partial charge >= 0.3 is 0 Å². The summed E-state index contributed by atoms with van der Waals surface area (Å²) in [6.07, 6.45) is 1.48. The number of benzene rings is 3. The maximum Gasteiger partial charge on any atom is 0.281 e. The molecule has 3 rings (SSSR count). The summed E-state index contributed by atoms with van der Waals surface area (Å²) < 4.78 is 0. The van der Waals surface area contributed by atoms with E-state index in [4.69, 9.17) is 0 Å². The molecule has 0 radical (unpaired) electrons. The van der Waals surface area contributed by atoms with Gasteiger partial charge in [0.25, 0.3) is 5.91 Å². The van der Waals surface area contributed by atoms with Crippen molar-refractivity contribution in [3.05, 3.63) is 101 Å². The number of nitrogens with zero attached hydrogens (tertiary/aromatic N) is 1. The van der Waals surface area contributed by atoms with Gasteiger partial charge in [-0.25, -0.2) is 5.43 Å². The number of hydrazone groups is 1. The van der Waals surface area contributed by atoms with Crippen LogP contribution in [0.1, 0.15) is 27.8 Å². The van der Waals surface area contributed by atoms with E-state index in [0.29, 0.717) is 11.1 Å². The van der Waals surface area contributed by atoms with Crippen molar-refractivity contribution in [2.75, 3.05) is 0 Å². The van der Waals surface area contributed by atoms with Crippen LogP contribution in [0, 0.1) is 13.8 Å². The maximum atomic E-state index is 12.9. The van der Waals surface area contributed by atoms with Gasteiger partial charge in [0.1, 0.15) is 5.75 Å². The predicted octanol–water partition coefficient (Wildman–Crippen LogP) is 3.40. The molecule has 0 aliphatic rings. The van der Waals surface area contributed by atoms with Crippen molar-refractivity contribution in [1.82, 2.24) is 5.43 Å². The molecule has 0 fully saturated rings. The summed E-state index contributed by atoms with van der Waals surface area (Å²) in [6, 6.07) is 21.0. The van der Waals surface area contributed by atoms with Gasteiger partial charge in [0.05, 0.1) is 6.21 Å². The summed E-state index contributed by atoms with van der Waals surface area (Å²) in [7, 11) is 0. The van der Waals surface area contributed by atoms with Crippen LogP contribution in [0.2, 0.25) is 0 Å². The maximum absolute atomic E-state index is 12.9. The fraction of sp³-hybridized carbons (Fsp3) is 0.130. The lowest BCUT2D eigenvalue weighted by Gasteiger charge is -2.27. The number of hydrogen-bond donors (Lipinski definition) is 3. The number of rotatable bonds is 5. The molecule has 0 bridgehead atoms. The first-order valence-electron chi connectivity index (χ1n) is 8.90. The largest absolute Gasteiger partial charge is 0.507 e. The normalized spacial score (nSPS) is 11.5. The SMILES string of the molecule is Cc1cc(/C=N/NC(=O)C(O)(c2ccccc2)c2ccccc2)cc(C)c1O. The molecule has 142 valence electrons. The van der Waals surface area contributed by atoms with E-state index in [9.17, 15) is 15.0 Å². The molecule has 0 saturated carbocycles. The third-order valence-electron chi connectivity index (χ3n) is 4.60. The Kier molecular flexibility index (Phi) is 5.57. The Hall–Kier alpha value is -3.44. The Morgan fingerprint density at radius 2 is 1.39 bits per heavy atom. The molecule has 0 aromatic heterocycles. The molecule has 3 aromatic carbocycles. The van der Waals surface area contributed by atoms with Crippen LogP contribution in [-0.2, 0) is 10.4 Å². The van der Waals surface area contributed by atoms with Crippen LogP contribution in [0.5, 0.6) is 5.75 Å².